The van der Waals surface area contributed by atoms with Crippen LogP contribution in [-0.4, -0.2) is 64.1 Å². The first-order chi connectivity index (χ1) is 12.2. The van der Waals surface area contributed by atoms with Gasteiger partial charge in [0.1, 0.15) is 0 Å². The molecule has 0 aromatic heterocycles. The molecule has 1 aromatic rings. The Morgan fingerprint density at radius 1 is 1.19 bits per heavy atom. The van der Waals surface area contributed by atoms with Gasteiger partial charge >= 0.3 is 0 Å². The fourth-order valence-electron chi connectivity index (χ4n) is 3.12. The Morgan fingerprint density at radius 2 is 1.85 bits per heavy atom. The Bertz CT molecular complexity index is 582. The molecule has 1 aliphatic heterocycles. The summed E-state index contributed by atoms with van der Waals surface area (Å²) in [4.78, 5) is 14.1. The fraction of sp³-hybridized carbons (Fsp3) is 0.650. The van der Waals surface area contributed by atoms with Crippen LogP contribution >= 0.6 is 0 Å². The highest BCUT2D eigenvalue weighted by atomic mass is 16.3. The average Bonchev–Trinajstić information content (AvgIpc) is 2.58. The second kappa shape index (κ2) is 8.95. The first-order valence-electron chi connectivity index (χ1n) is 9.32. The van der Waals surface area contributed by atoms with Gasteiger partial charge < -0.3 is 20.6 Å². The van der Waals surface area contributed by atoms with E-state index in [4.69, 9.17) is 0 Å². The molecule has 0 radical (unpaired) electrons. The van der Waals surface area contributed by atoms with E-state index in [-0.39, 0.29) is 18.6 Å². The molecule has 0 saturated carbocycles. The Hall–Kier alpha value is -1.47. The summed E-state index contributed by atoms with van der Waals surface area (Å²) >= 11 is 0. The molecule has 1 amide bonds. The SMILES string of the molecule is CC(C)(C)C(=O)Nc1ccc(CCCN2C[C@H](O)[C@@H](O)C[C@H]2CO)cc1. The topological polar surface area (TPSA) is 93.0 Å². The number of aliphatic hydroxyl groups is 3. The van der Waals surface area contributed by atoms with Crippen molar-refractivity contribution in [2.45, 2.75) is 58.3 Å². The number of piperidine rings is 1. The second-order valence-corrected chi connectivity index (χ2v) is 8.21. The van der Waals surface area contributed by atoms with Crippen molar-refractivity contribution in [3.8, 4) is 0 Å². The summed E-state index contributed by atoms with van der Waals surface area (Å²) in [5.74, 6) is -0.00820. The van der Waals surface area contributed by atoms with Gasteiger partial charge in [0, 0.05) is 23.7 Å². The molecular formula is C20H32N2O4. The van der Waals surface area contributed by atoms with Crippen molar-refractivity contribution < 1.29 is 20.1 Å². The van der Waals surface area contributed by atoms with Crippen molar-refractivity contribution >= 4 is 11.6 Å². The first kappa shape index (κ1) is 20.8. The second-order valence-electron chi connectivity index (χ2n) is 8.21. The molecule has 6 nitrogen and oxygen atoms in total. The molecule has 1 aliphatic rings. The van der Waals surface area contributed by atoms with Gasteiger partial charge in [0.25, 0.3) is 0 Å². The molecule has 4 N–H and O–H groups in total. The van der Waals surface area contributed by atoms with Crippen LogP contribution in [0.4, 0.5) is 5.69 Å². The number of nitrogens with zero attached hydrogens (tertiary/aromatic N) is 1. The van der Waals surface area contributed by atoms with Crippen LogP contribution in [0.5, 0.6) is 0 Å². The molecule has 1 fully saturated rings. The summed E-state index contributed by atoms with van der Waals surface area (Å²) in [6, 6.07) is 7.75. The zero-order valence-electron chi connectivity index (χ0n) is 16.0. The largest absolute Gasteiger partial charge is 0.395 e. The molecule has 0 spiro atoms. The molecule has 0 bridgehead atoms. The first-order valence-corrected chi connectivity index (χ1v) is 9.32. The van der Waals surface area contributed by atoms with Crippen LogP contribution in [0, 0.1) is 5.41 Å². The van der Waals surface area contributed by atoms with Crippen molar-refractivity contribution in [1.82, 2.24) is 4.90 Å². The maximum absolute atomic E-state index is 12.0. The highest BCUT2D eigenvalue weighted by molar-refractivity contribution is 5.94. The smallest absolute Gasteiger partial charge is 0.229 e. The van der Waals surface area contributed by atoms with Crippen LogP contribution in [0.1, 0.15) is 39.2 Å². The molecule has 0 unspecified atom stereocenters. The third kappa shape index (κ3) is 5.77. The van der Waals surface area contributed by atoms with Crippen LogP contribution in [-0.2, 0) is 11.2 Å². The molecule has 3 atom stereocenters. The normalized spacial score (nSPS) is 24.5. The number of β-amino-alcohol motifs (C(OH)–C–C–N with tert-alkyl or cyclic N) is 1. The van der Waals surface area contributed by atoms with Gasteiger partial charge in [-0.3, -0.25) is 9.69 Å². The van der Waals surface area contributed by atoms with Gasteiger partial charge in [-0.2, -0.15) is 0 Å². The minimum absolute atomic E-state index is 0.00798. The maximum atomic E-state index is 12.0. The number of aryl methyl sites for hydroxylation is 1. The highest BCUT2D eigenvalue weighted by Crippen LogP contribution is 2.20. The van der Waals surface area contributed by atoms with Crippen LogP contribution in [0.2, 0.25) is 0 Å². The van der Waals surface area contributed by atoms with E-state index in [9.17, 15) is 20.1 Å². The zero-order valence-corrected chi connectivity index (χ0v) is 16.0. The lowest BCUT2D eigenvalue weighted by atomic mass is 9.95. The van der Waals surface area contributed by atoms with Crippen LogP contribution < -0.4 is 5.32 Å². The third-order valence-electron chi connectivity index (χ3n) is 4.91. The van der Waals surface area contributed by atoms with Crippen molar-refractivity contribution in [2.75, 3.05) is 25.0 Å². The molecule has 26 heavy (non-hydrogen) atoms. The molecule has 2 rings (SSSR count). The van der Waals surface area contributed by atoms with Crippen LogP contribution in [0.15, 0.2) is 24.3 Å². The van der Waals surface area contributed by atoms with E-state index in [0.29, 0.717) is 13.0 Å². The summed E-state index contributed by atoms with van der Waals surface area (Å²) < 4.78 is 0. The van der Waals surface area contributed by atoms with Gasteiger partial charge in [0.05, 0.1) is 18.8 Å². The minimum Gasteiger partial charge on any atom is -0.395 e. The number of hydrogen-bond donors (Lipinski definition) is 4. The highest BCUT2D eigenvalue weighted by Gasteiger charge is 2.32. The monoisotopic (exact) mass is 364 g/mol. The molecular weight excluding hydrogens is 332 g/mol. The number of benzene rings is 1. The molecule has 0 aliphatic carbocycles. The Kier molecular flexibility index (Phi) is 7.17. The Balaban J connectivity index is 1.81. The van der Waals surface area contributed by atoms with Crippen LogP contribution in [0.3, 0.4) is 0 Å². The summed E-state index contributed by atoms with van der Waals surface area (Å²) in [5, 5.41) is 31.9. The van der Waals surface area contributed by atoms with E-state index < -0.39 is 17.6 Å². The standard InChI is InChI=1S/C20H32N2O4/c1-20(2,3)19(26)21-15-8-6-14(7-9-15)5-4-10-22-12-18(25)17(24)11-16(22)13-23/h6-9,16-18,23-25H,4-5,10-13H2,1-3H3,(H,21,26)/t16-,17-,18-/m0/s1. The number of carbonyl (C=O) groups is 1. The van der Waals surface area contributed by atoms with E-state index in [2.05, 4.69) is 10.2 Å². The summed E-state index contributed by atoms with van der Waals surface area (Å²) in [5.41, 5.74) is 1.55. The van der Waals surface area contributed by atoms with Gasteiger partial charge in [0.15, 0.2) is 0 Å². The maximum Gasteiger partial charge on any atom is 0.229 e. The van der Waals surface area contributed by atoms with Gasteiger partial charge in [-0.05, 0) is 43.5 Å². The summed E-state index contributed by atoms with van der Waals surface area (Å²) in [6.07, 6.45) is 0.677. The molecule has 146 valence electrons. The van der Waals surface area contributed by atoms with Gasteiger partial charge in [0.2, 0.25) is 5.91 Å². The lowest BCUT2D eigenvalue weighted by Gasteiger charge is -2.39. The van der Waals surface area contributed by atoms with Gasteiger partial charge in [-0.15, -0.1) is 0 Å². The number of amides is 1. The third-order valence-corrected chi connectivity index (χ3v) is 4.91. The van der Waals surface area contributed by atoms with E-state index in [0.717, 1.165) is 25.1 Å². The average molecular weight is 364 g/mol. The number of carbonyl (C=O) groups excluding carboxylic acids is 1. The van der Waals surface area contributed by atoms with Crippen molar-refractivity contribution in [1.29, 1.82) is 0 Å². The number of nitrogens with one attached hydrogen (secondary N) is 1. The van der Waals surface area contributed by atoms with Gasteiger partial charge in [-0.25, -0.2) is 0 Å². The number of rotatable bonds is 6. The van der Waals surface area contributed by atoms with Crippen molar-refractivity contribution in [2.24, 2.45) is 5.41 Å². The van der Waals surface area contributed by atoms with E-state index in [1.54, 1.807) is 0 Å². The summed E-state index contributed by atoms with van der Waals surface area (Å²) in [7, 11) is 0. The summed E-state index contributed by atoms with van der Waals surface area (Å²) in [6.45, 7) is 6.79. The fourth-order valence-corrected chi connectivity index (χ4v) is 3.12. The number of likely N-dealkylation sites (tertiary alicyclic amines) is 1. The Morgan fingerprint density at radius 3 is 2.42 bits per heavy atom. The van der Waals surface area contributed by atoms with E-state index >= 15 is 0 Å². The quantitative estimate of drug-likeness (QED) is 0.612. The lowest BCUT2D eigenvalue weighted by molar-refractivity contribution is -0.123. The minimum atomic E-state index is -0.751. The van der Waals surface area contributed by atoms with Crippen LogP contribution in [0.25, 0.3) is 0 Å². The lowest BCUT2D eigenvalue weighted by Crippen LogP contribution is -2.53. The molecule has 1 saturated heterocycles. The molecule has 1 heterocycles. The Labute approximate surface area is 155 Å². The zero-order chi connectivity index (χ0) is 19.3. The van der Waals surface area contributed by atoms with E-state index in [1.807, 2.05) is 45.0 Å². The van der Waals surface area contributed by atoms with E-state index in [1.165, 1.54) is 5.56 Å². The number of anilines is 1. The van der Waals surface area contributed by atoms with Crippen molar-refractivity contribution in [3.63, 3.8) is 0 Å². The molecule has 1 aromatic carbocycles. The molecule has 6 heteroatoms. The predicted octanol–water partition coefficient (Wildman–Crippen LogP) is 1.39. The van der Waals surface area contributed by atoms with Gasteiger partial charge in [-0.1, -0.05) is 32.9 Å². The number of aliphatic hydroxyl groups excluding tert-OH is 3. The predicted molar refractivity (Wildman–Crippen MR) is 102 cm³/mol. The number of hydrogen-bond acceptors (Lipinski definition) is 5. The van der Waals surface area contributed by atoms with Crippen molar-refractivity contribution in [3.05, 3.63) is 29.8 Å².